The van der Waals surface area contributed by atoms with Crippen LogP contribution in [0.4, 0.5) is 26.3 Å². The first kappa shape index (κ1) is 43.3. The molecule has 0 nitrogen and oxygen atoms in total. The molecule has 6 aromatic carbocycles. The van der Waals surface area contributed by atoms with E-state index < -0.39 is 56.6 Å². The molecule has 62 heavy (non-hydrogen) atoms. The molecule has 1 aliphatic heterocycles. The number of fused-ring (bicyclic) bond motifs is 5. The average molecular weight is 974 g/mol. The minimum absolute atomic E-state index is 0.0830. The average Bonchev–Trinajstić information content (AvgIpc) is 3.91. The Morgan fingerprint density at radius 3 is 1.37 bits per heavy atom. The summed E-state index contributed by atoms with van der Waals surface area (Å²) < 4.78 is 88.3. The predicted molar refractivity (Wildman–Crippen MR) is 245 cm³/mol. The van der Waals surface area contributed by atoms with E-state index in [0.717, 1.165) is 48.8 Å². The van der Waals surface area contributed by atoms with Crippen LogP contribution in [0.25, 0.3) is 45.5 Å². The zero-order chi connectivity index (χ0) is 44.0. The summed E-state index contributed by atoms with van der Waals surface area (Å²) in [5.41, 5.74) is 6.83. The number of halogens is 8. The van der Waals surface area contributed by atoms with Crippen LogP contribution in [-0.2, 0) is 28.7 Å². The molecule has 6 aromatic rings. The molecular formula is C52H45Cl2F6SiZr. The molecule has 0 saturated carbocycles. The maximum absolute atomic E-state index is 14.7. The quantitative estimate of drug-likeness (QED) is 0.0999. The molecule has 317 valence electrons. The first-order valence-corrected chi connectivity index (χ1v) is 33.0. The van der Waals surface area contributed by atoms with E-state index in [1.165, 1.54) is 34.6 Å². The monoisotopic (exact) mass is 971 g/mol. The van der Waals surface area contributed by atoms with Gasteiger partial charge in [0, 0.05) is 0 Å². The second-order valence-corrected chi connectivity index (χ2v) is 40.5. The molecule has 0 spiro atoms. The van der Waals surface area contributed by atoms with Gasteiger partial charge in [-0.2, -0.15) is 0 Å². The van der Waals surface area contributed by atoms with Gasteiger partial charge < -0.3 is 0 Å². The molecule has 1 heterocycles. The van der Waals surface area contributed by atoms with Crippen molar-refractivity contribution in [1.29, 1.82) is 0 Å². The Morgan fingerprint density at radius 1 is 0.500 bits per heavy atom. The van der Waals surface area contributed by atoms with Crippen molar-refractivity contribution in [3.8, 4) is 33.4 Å². The van der Waals surface area contributed by atoms with Gasteiger partial charge in [-0.1, -0.05) is 0 Å². The number of hydrogen-bond acceptors (Lipinski definition) is 0. The second-order valence-electron chi connectivity index (χ2n) is 18.0. The Kier molecular flexibility index (Phi) is 10.9. The molecule has 0 bridgehead atoms. The maximum atomic E-state index is 14.7. The SMILES string of the molecule is CC(C)CC1=Cc2c(-c3ccccc3C(F)(F)F)cccc2[CH]1[Zr]([Cl])([Cl])([c]1cccc2c1[SiH2]c1ccccc1-2)[CH]1C(CC(C)C)=Cc2c(-c3ccccc3C(F)(F)F)cccc21. The van der Waals surface area contributed by atoms with Crippen LogP contribution in [0.5, 0.6) is 0 Å². The number of allylic oxidation sites excluding steroid dienone is 2. The van der Waals surface area contributed by atoms with E-state index in [2.05, 4.69) is 70.2 Å². The van der Waals surface area contributed by atoms with Gasteiger partial charge in [0.05, 0.1) is 0 Å². The summed E-state index contributed by atoms with van der Waals surface area (Å²) in [4.78, 5) is 0. The van der Waals surface area contributed by atoms with Crippen molar-refractivity contribution in [3.63, 3.8) is 0 Å². The fourth-order valence-corrected chi connectivity index (χ4v) is 38.8. The Labute approximate surface area is 369 Å². The van der Waals surface area contributed by atoms with Crippen molar-refractivity contribution in [2.75, 3.05) is 0 Å². The summed E-state index contributed by atoms with van der Waals surface area (Å²) in [6.45, 7) is 8.48. The third-order valence-electron chi connectivity index (χ3n) is 13.1. The molecule has 2 aliphatic carbocycles. The minimum atomic E-state index is -6.16. The van der Waals surface area contributed by atoms with Crippen molar-refractivity contribution in [3.05, 3.63) is 172 Å². The van der Waals surface area contributed by atoms with Crippen molar-refractivity contribution in [1.82, 2.24) is 0 Å². The summed E-state index contributed by atoms with van der Waals surface area (Å²) in [6.07, 6.45) is -3.88. The summed E-state index contributed by atoms with van der Waals surface area (Å²) in [7, 11) is 17.1. The van der Waals surface area contributed by atoms with E-state index in [1.807, 2.05) is 36.4 Å². The van der Waals surface area contributed by atoms with Gasteiger partial charge in [0.25, 0.3) is 0 Å². The van der Waals surface area contributed by atoms with E-state index in [9.17, 15) is 26.3 Å². The van der Waals surface area contributed by atoms with Crippen LogP contribution in [0.2, 0.25) is 0 Å². The molecule has 0 aromatic heterocycles. The van der Waals surface area contributed by atoms with E-state index in [-0.39, 0.29) is 23.0 Å². The van der Waals surface area contributed by atoms with Gasteiger partial charge in [-0.15, -0.1) is 0 Å². The van der Waals surface area contributed by atoms with E-state index in [0.29, 0.717) is 35.1 Å². The van der Waals surface area contributed by atoms with E-state index >= 15 is 0 Å². The Hall–Kier alpha value is -3.94. The molecule has 3 aliphatic rings. The van der Waals surface area contributed by atoms with Gasteiger partial charge in [-0.25, -0.2) is 0 Å². The molecule has 2 unspecified atom stereocenters. The van der Waals surface area contributed by atoms with Crippen LogP contribution in [0.3, 0.4) is 0 Å². The summed E-state index contributed by atoms with van der Waals surface area (Å²) in [6, 6.07) is 37.2. The number of rotatable bonds is 9. The van der Waals surface area contributed by atoms with Gasteiger partial charge in [-0.05, 0) is 0 Å². The van der Waals surface area contributed by atoms with Gasteiger partial charge in [0.15, 0.2) is 0 Å². The standard InChI is InChI=1S/2C20H18F3.C12H9Si.2ClH.Zr/c2*1-13(2)10-14-11-15-6-5-8-16(18(15)12-14)17-7-3-4-9-19(17)20(21,22)23;1-3-7-11-9(5-1)10-6-2-4-8-12(10)13-11;;;/h2*3-9,11-13H,10H2,1-2H3;1-7H,13H2;2*1H;/q;;;;;+2/p-2. The summed E-state index contributed by atoms with van der Waals surface area (Å²) in [5, 5.41) is 2.46. The predicted octanol–water partition coefficient (Wildman–Crippen LogP) is 14.1. The molecule has 0 amide bonds. The molecule has 0 fully saturated rings. The van der Waals surface area contributed by atoms with Crippen molar-refractivity contribution >= 4 is 52.3 Å². The summed E-state index contributed by atoms with van der Waals surface area (Å²) >= 11 is -6.16. The van der Waals surface area contributed by atoms with Crippen molar-refractivity contribution in [2.45, 2.75) is 60.1 Å². The molecule has 0 radical (unpaired) electrons. The third-order valence-corrected chi connectivity index (χ3v) is 35.9. The van der Waals surface area contributed by atoms with Crippen LogP contribution >= 0.6 is 17.0 Å². The van der Waals surface area contributed by atoms with Gasteiger partial charge in [0.1, 0.15) is 0 Å². The zero-order valence-corrected chi connectivity index (χ0v) is 40.1. The molecular weight excluding hydrogens is 929 g/mol. The molecule has 0 N–H and O–H groups in total. The van der Waals surface area contributed by atoms with Gasteiger partial charge in [-0.3, -0.25) is 0 Å². The van der Waals surface area contributed by atoms with E-state index in [1.54, 1.807) is 24.3 Å². The van der Waals surface area contributed by atoms with E-state index in [4.69, 9.17) is 17.0 Å². The van der Waals surface area contributed by atoms with Crippen LogP contribution in [0.15, 0.2) is 139 Å². The number of alkyl halides is 6. The molecule has 0 saturated heterocycles. The normalized spacial score (nSPS) is 18.0. The zero-order valence-electron chi connectivity index (χ0n) is 34.7. The van der Waals surface area contributed by atoms with Crippen molar-refractivity contribution < 1.29 is 42.7 Å². The van der Waals surface area contributed by atoms with Crippen LogP contribution in [-0.4, -0.2) is 9.52 Å². The molecule has 9 rings (SSSR count). The Bertz CT molecular complexity index is 2690. The molecule has 2 atom stereocenters. The van der Waals surface area contributed by atoms with Crippen molar-refractivity contribution in [2.24, 2.45) is 11.8 Å². The Balaban J connectivity index is 1.39. The van der Waals surface area contributed by atoms with Gasteiger partial charge in [0.2, 0.25) is 0 Å². The van der Waals surface area contributed by atoms with Gasteiger partial charge >= 0.3 is 372 Å². The fourth-order valence-electron chi connectivity index (χ4n) is 11.0. The summed E-state index contributed by atoms with van der Waals surface area (Å²) in [5.74, 6) is 0.284. The first-order valence-electron chi connectivity index (χ1n) is 21.2. The number of hydrogen-bond donors (Lipinski definition) is 0. The number of benzene rings is 6. The first-order chi connectivity index (χ1) is 29.4. The third kappa shape index (κ3) is 7.07. The topological polar surface area (TPSA) is 0 Å². The fraction of sp³-hybridized carbons (Fsp3) is 0.231. The second kappa shape index (κ2) is 15.6. The van der Waals surface area contributed by atoms with Crippen LogP contribution in [0, 0.1) is 11.8 Å². The Morgan fingerprint density at radius 2 is 0.903 bits per heavy atom. The van der Waals surface area contributed by atoms with Crippen LogP contribution in [0.1, 0.15) is 81.2 Å². The molecule has 10 heteroatoms. The van der Waals surface area contributed by atoms with Crippen LogP contribution < -0.4 is 13.6 Å².